The number of aromatic nitrogens is 2. The predicted octanol–water partition coefficient (Wildman–Crippen LogP) is 4.17. The Morgan fingerprint density at radius 1 is 1.27 bits per heavy atom. The molecule has 2 heterocycles. The van der Waals surface area contributed by atoms with Gasteiger partial charge in [-0.15, -0.1) is 11.3 Å². The van der Waals surface area contributed by atoms with E-state index in [2.05, 4.69) is 15.3 Å². The van der Waals surface area contributed by atoms with Gasteiger partial charge in [0.2, 0.25) is 0 Å². The average Bonchev–Trinajstić information content (AvgIpc) is 2.95. The van der Waals surface area contributed by atoms with Crippen molar-refractivity contribution in [3.63, 3.8) is 0 Å². The van der Waals surface area contributed by atoms with Gasteiger partial charge < -0.3 is 5.32 Å². The van der Waals surface area contributed by atoms with E-state index in [9.17, 15) is 10.1 Å². The van der Waals surface area contributed by atoms with Crippen LogP contribution in [0.5, 0.6) is 0 Å². The van der Waals surface area contributed by atoms with Crippen molar-refractivity contribution in [3.05, 3.63) is 63.8 Å². The highest BCUT2D eigenvalue weighted by molar-refractivity contribution is 7.13. The van der Waals surface area contributed by atoms with Gasteiger partial charge >= 0.3 is 0 Å². The Labute approximate surface area is 130 Å². The van der Waals surface area contributed by atoms with E-state index < -0.39 is 4.92 Å². The van der Waals surface area contributed by atoms with E-state index in [0.717, 1.165) is 22.0 Å². The van der Waals surface area contributed by atoms with Crippen molar-refractivity contribution < 1.29 is 4.92 Å². The minimum atomic E-state index is -0.470. The Kier molecular flexibility index (Phi) is 3.80. The van der Waals surface area contributed by atoms with E-state index >= 15 is 0 Å². The maximum absolute atomic E-state index is 10.6. The molecule has 0 saturated carbocycles. The fourth-order valence-electron chi connectivity index (χ4n) is 1.93. The quantitative estimate of drug-likeness (QED) is 0.577. The summed E-state index contributed by atoms with van der Waals surface area (Å²) in [4.78, 5) is 18.6. The Morgan fingerprint density at radius 3 is 2.77 bits per heavy atom. The summed E-state index contributed by atoms with van der Waals surface area (Å²) in [5.41, 5.74) is 2.84. The van der Waals surface area contributed by atoms with Crippen LogP contribution in [0.2, 0.25) is 0 Å². The van der Waals surface area contributed by atoms with Crippen LogP contribution in [0.15, 0.2) is 48.0 Å². The number of aryl methyl sites for hydroxylation is 1. The second-order valence-corrected chi connectivity index (χ2v) is 5.52. The van der Waals surface area contributed by atoms with Crippen LogP contribution in [-0.2, 0) is 0 Å². The van der Waals surface area contributed by atoms with Crippen molar-refractivity contribution in [2.24, 2.45) is 0 Å². The maximum atomic E-state index is 10.6. The second kappa shape index (κ2) is 5.90. The third-order valence-electron chi connectivity index (χ3n) is 2.96. The lowest BCUT2D eigenvalue weighted by atomic mass is 10.2. The molecule has 0 saturated heterocycles. The first-order valence-electron chi connectivity index (χ1n) is 6.52. The summed E-state index contributed by atoms with van der Waals surface area (Å²) in [7, 11) is 0. The van der Waals surface area contributed by atoms with Gasteiger partial charge in [-0.1, -0.05) is 12.1 Å². The van der Waals surface area contributed by atoms with Gasteiger partial charge in [0, 0.05) is 28.4 Å². The molecule has 0 aliphatic carbocycles. The smallest absolute Gasteiger partial charge is 0.287 e. The minimum absolute atomic E-state index is 0.0300. The van der Waals surface area contributed by atoms with Gasteiger partial charge in [-0.3, -0.25) is 10.1 Å². The summed E-state index contributed by atoms with van der Waals surface area (Å²) >= 11 is 1.59. The number of pyridine rings is 1. The number of nitrogens with one attached hydrogen (secondary N) is 1. The van der Waals surface area contributed by atoms with Crippen LogP contribution >= 0.6 is 11.3 Å². The number of nitrogens with zero attached hydrogens (tertiary/aromatic N) is 3. The van der Waals surface area contributed by atoms with E-state index in [4.69, 9.17) is 0 Å². The molecule has 110 valence electrons. The molecule has 0 bridgehead atoms. The maximum Gasteiger partial charge on any atom is 0.287 e. The molecule has 1 aromatic carbocycles. The first-order chi connectivity index (χ1) is 10.6. The van der Waals surface area contributed by atoms with Crippen LogP contribution in [0.1, 0.15) is 5.69 Å². The third-order valence-corrected chi connectivity index (χ3v) is 3.97. The summed E-state index contributed by atoms with van der Waals surface area (Å²) in [6, 6.07) is 10.8. The van der Waals surface area contributed by atoms with Crippen molar-refractivity contribution in [2.45, 2.75) is 6.92 Å². The van der Waals surface area contributed by atoms with Crippen LogP contribution in [0.25, 0.3) is 10.6 Å². The zero-order valence-corrected chi connectivity index (χ0v) is 12.5. The molecule has 2 aromatic heterocycles. The zero-order valence-electron chi connectivity index (χ0n) is 11.7. The van der Waals surface area contributed by atoms with E-state index in [0.29, 0.717) is 5.82 Å². The molecule has 0 spiro atoms. The van der Waals surface area contributed by atoms with Crippen LogP contribution in [0, 0.1) is 17.0 Å². The van der Waals surface area contributed by atoms with Crippen molar-refractivity contribution >= 4 is 28.5 Å². The fourth-order valence-corrected chi connectivity index (χ4v) is 2.73. The van der Waals surface area contributed by atoms with Gasteiger partial charge in [-0.05, 0) is 25.1 Å². The Bertz CT molecular complexity index is 814. The van der Waals surface area contributed by atoms with Gasteiger partial charge in [0.1, 0.15) is 17.0 Å². The van der Waals surface area contributed by atoms with Crippen molar-refractivity contribution in [1.82, 2.24) is 9.97 Å². The number of rotatable bonds is 4. The number of hydrogen-bond acceptors (Lipinski definition) is 6. The Morgan fingerprint density at radius 2 is 2.14 bits per heavy atom. The van der Waals surface area contributed by atoms with Crippen molar-refractivity contribution in [2.75, 3.05) is 5.32 Å². The van der Waals surface area contributed by atoms with Crippen LogP contribution in [0.4, 0.5) is 17.2 Å². The van der Waals surface area contributed by atoms with Gasteiger partial charge in [0.15, 0.2) is 0 Å². The number of hydrogen-bond donors (Lipinski definition) is 1. The molecule has 0 amide bonds. The second-order valence-electron chi connectivity index (χ2n) is 4.66. The van der Waals surface area contributed by atoms with E-state index in [1.165, 1.54) is 12.3 Å². The number of anilines is 2. The molecule has 0 fully saturated rings. The Hall–Kier alpha value is -2.80. The standard InChI is InChI=1S/C15H12N4O2S/c1-10-9-22-15(17-10)11-3-2-4-12(7-11)18-14-6-5-13(8-16-14)19(20)21/h2-9H,1H3,(H,16,18). The predicted molar refractivity (Wildman–Crippen MR) is 86.5 cm³/mol. The van der Waals surface area contributed by atoms with Crippen LogP contribution < -0.4 is 5.32 Å². The summed E-state index contributed by atoms with van der Waals surface area (Å²) in [5.74, 6) is 0.554. The minimum Gasteiger partial charge on any atom is -0.340 e. The van der Waals surface area contributed by atoms with Crippen molar-refractivity contribution in [3.8, 4) is 10.6 Å². The largest absolute Gasteiger partial charge is 0.340 e. The van der Waals surface area contributed by atoms with E-state index in [1.54, 1.807) is 17.4 Å². The van der Waals surface area contributed by atoms with Gasteiger partial charge in [-0.25, -0.2) is 9.97 Å². The highest BCUT2D eigenvalue weighted by Gasteiger charge is 2.07. The van der Waals surface area contributed by atoms with Gasteiger partial charge in [0.05, 0.1) is 4.92 Å². The molecule has 0 aliphatic heterocycles. The first-order valence-corrected chi connectivity index (χ1v) is 7.40. The lowest BCUT2D eigenvalue weighted by molar-refractivity contribution is -0.385. The average molecular weight is 312 g/mol. The topological polar surface area (TPSA) is 81.0 Å². The number of thiazole rings is 1. The molecular weight excluding hydrogens is 300 g/mol. The van der Waals surface area contributed by atoms with Crippen LogP contribution in [-0.4, -0.2) is 14.9 Å². The molecule has 1 N–H and O–H groups in total. The van der Waals surface area contributed by atoms with E-state index in [-0.39, 0.29) is 5.69 Å². The lowest BCUT2D eigenvalue weighted by Crippen LogP contribution is -1.95. The first kappa shape index (κ1) is 14.2. The molecule has 0 aliphatic rings. The molecule has 0 unspecified atom stereocenters. The highest BCUT2D eigenvalue weighted by atomic mass is 32.1. The molecular formula is C15H12N4O2S. The van der Waals surface area contributed by atoms with Crippen LogP contribution in [0.3, 0.4) is 0 Å². The normalized spacial score (nSPS) is 10.4. The summed E-state index contributed by atoms with van der Waals surface area (Å²) in [6.07, 6.45) is 1.23. The molecule has 6 nitrogen and oxygen atoms in total. The number of benzene rings is 1. The summed E-state index contributed by atoms with van der Waals surface area (Å²) in [5, 5.41) is 16.7. The lowest BCUT2D eigenvalue weighted by Gasteiger charge is -2.06. The van der Waals surface area contributed by atoms with Gasteiger partial charge in [0.25, 0.3) is 5.69 Å². The monoisotopic (exact) mass is 312 g/mol. The third kappa shape index (κ3) is 3.09. The highest BCUT2D eigenvalue weighted by Crippen LogP contribution is 2.27. The Balaban J connectivity index is 1.82. The molecule has 3 aromatic rings. The SMILES string of the molecule is Cc1csc(-c2cccc(Nc3ccc([N+](=O)[O-])cn3)c2)n1. The van der Waals surface area contributed by atoms with Gasteiger partial charge in [-0.2, -0.15) is 0 Å². The molecule has 22 heavy (non-hydrogen) atoms. The fraction of sp³-hybridized carbons (Fsp3) is 0.0667. The summed E-state index contributed by atoms with van der Waals surface area (Å²) in [6.45, 7) is 1.96. The molecule has 0 radical (unpaired) electrons. The molecule has 3 rings (SSSR count). The summed E-state index contributed by atoms with van der Waals surface area (Å²) < 4.78 is 0. The van der Waals surface area contributed by atoms with Crippen molar-refractivity contribution in [1.29, 1.82) is 0 Å². The zero-order chi connectivity index (χ0) is 15.5. The molecule has 7 heteroatoms. The number of nitro groups is 1. The van der Waals surface area contributed by atoms with E-state index in [1.807, 2.05) is 36.6 Å². The molecule has 0 atom stereocenters.